The monoisotopic (exact) mass is 324 g/mol. The Morgan fingerprint density at radius 1 is 1.32 bits per heavy atom. The minimum atomic E-state index is -0.998. The summed E-state index contributed by atoms with van der Waals surface area (Å²) in [4.78, 5) is 10.5. The fourth-order valence-electron chi connectivity index (χ4n) is 2.31. The number of nitrogens with one attached hydrogen (secondary N) is 1. The summed E-state index contributed by atoms with van der Waals surface area (Å²) < 4.78 is 0.833. The summed E-state index contributed by atoms with van der Waals surface area (Å²) >= 11 is 3.31. The summed E-state index contributed by atoms with van der Waals surface area (Å²) in [6.07, 6.45) is 6.47. The van der Waals surface area contributed by atoms with Gasteiger partial charge in [0.05, 0.1) is 17.2 Å². The number of H-pyrrole nitrogens is 1. The minimum absolute atomic E-state index is 0.418. The van der Waals surface area contributed by atoms with Crippen LogP contribution in [0.15, 0.2) is 23.1 Å². The molecule has 0 aromatic carbocycles. The molecule has 0 unspecified atom stereocenters. The van der Waals surface area contributed by atoms with E-state index in [1.54, 1.807) is 18.6 Å². The summed E-state index contributed by atoms with van der Waals surface area (Å²) in [6, 6.07) is 0. The molecule has 19 heavy (non-hydrogen) atoms. The number of aliphatic hydroxyl groups is 1. The lowest BCUT2D eigenvalue weighted by atomic mass is 9.90. The zero-order valence-corrected chi connectivity index (χ0v) is 11.7. The van der Waals surface area contributed by atoms with Gasteiger partial charge in [-0.2, -0.15) is 15.4 Å². The average Bonchev–Trinajstić information content (AvgIpc) is 2.94. The first kappa shape index (κ1) is 12.5. The van der Waals surface area contributed by atoms with Gasteiger partial charge in [0.2, 0.25) is 5.95 Å². The number of aromatic amines is 1. The van der Waals surface area contributed by atoms with Crippen molar-refractivity contribution in [3.05, 3.63) is 28.8 Å². The van der Waals surface area contributed by atoms with Crippen LogP contribution in [0.2, 0.25) is 0 Å². The van der Waals surface area contributed by atoms with Crippen LogP contribution in [0.5, 0.6) is 0 Å². The van der Waals surface area contributed by atoms with Gasteiger partial charge in [-0.3, -0.25) is 0 Å². The lowest BCUT2D eigenvalue weighted by Crippen LogP contribution is -2.47. The maximum Gasteiger partial charge on any atom is 0.225 e. The number of aromatic nitrogens is 5. The Kier molecular flexibility index (Phi) is 3.19. The van der Waals surface area contributed by atoms with Gasteiger partial charge in [0.25, 0.3) is 0 Å². The van der Waals surface area contributed by atoms with Crippen LogP contribution in [0.3, 0.4) is 0 Å². The first-order chi connectivity index (χ1) is 9.17. The van der Waals surface area contributed by atoms with Crippen LogP contribution in [-0.4, -0.2) is 43.6 Å². The molecule has 3 rings (SSSR count). The third kappa shape index (κ3) is 2.45. The van der Waals surface area contributed by atoms with Crippen LogP contribution in [0, 0.1) is 0 Å². The summed E-state index contributed by atoms with van der Waals surface area (Å²) in [6.45, 7) is 1.24. The van der Waals surface area contributed by atoms with Gasteiger partial charge in [0, 0.05) is 18.9 Å². The zero-order chi connectivity index (χ0) is 13.3. The number of β-amino-alcohol motifs (C(OH)–C–C–N with tert-alkyl or cyclic N) is 1. The quantitative estimate of drug-likeness (QED) is 0.850. The zero-order valence-electron chi connectivity index (χ0n) is 10.1. The lowest BCUT2D eigenvalue weighted by molar-refractivity contribution is 0.0172. The molecule has 0 aliphatic carbocycles. The summed E-state index contributed by atoms with van der Waals surface area (Å²) in [5.74, 6) is 0.616. The first-order valence-corrected chi connectivity index (χ1v) is 6.78. The Labute approximate surface area is 118 Å². The second-order valence-electron chi connectivity index (χ2n) is 4.61. The molecule has 0 saturated carbocycles. The Morgan fingerprint density at radius 3 is 2.79 bits per heavy atom. The first-order valence-electron chi connectivity index (χ1n) is 5.98. The van der Waals surface area contributed by atoms with Crippen molar-refractivity contribution in [3.8, 4) is 0 Å². The predicted molar refractivity (Wildman–Crippen MR) is 71.5 cm³/mol. The molecule has 2 aromatic heterocycles. The largest absolute Gasteiger partial charge is 0.382 e. The number of hydrogen-bond acceptors (Lipinski definition) is 6. The molecule has 100 valence electrons. The van der Waals surface area contributed by atoms with E-state index in [1.165, 1.54) is 0 Å². The molecule has 1 fully saturated rings. The van der Waals surface area contributed by atoms with Gasteiger partial charge in [-0.25, -0.2) is 9.97 Å². The molecule has 0 bridgehead atoms. The highest BCUT2D eigenvalue weighted by atomic mass is 79.9. The van der Waals surface area contributed by atoms with Crippen molar-refractivity contribution >= 4 is 21.9 Å². The maximum atomic E-state index is 10.7. The van der Waals surface area contributed by atoms with Gasteiger partial charge >= 0.3 is 0 Å². The third-order valence-corrected chi connectivity index (χ3v) is 3.66. The Hall–Kier alpha value is -1.54. The molecule has 7 nitrogen and oxygen atoms in total. The number of rotatable bonds is 2. The molecule has 0 spiro atoms. The van der Waals surface area contributed by atoms with Gasteiger partial charge in [-0.05, 0) is 28.8 Å². The Balaban J connectivity index is 1.83. The average molecular weight is 325 g/mol. The van der Waals surface area contributed by atoms with Gasteiger partial charge in [0.1, 0.15) is 11.3 Å². The van der Waals surface area contributed by atoms with Crippen molar-refractivity contribution in [3.63, 3.8) is 0 Å². The van der Waals surface area contributed by atoms with Crippen molar-refractivity contribution in [2.75, 3.05) is 18.0 Å². The second kappa shape index (κ2) is 4.86. The molecular weight excluding hydrogens is 312 g/mol. The molecule has 1 atom stereocenters. The van der Waals surface area contributed by atoms with E-state index in [1.807, 2.05) is 4.90 Å². The van der Waals surface area contributed by atoms with E-state index >= 15 is 0 Å². The van der Waals surface area contributed by atoms with Gasteiger partial charge in [0.15, 0.2) is 0 Å². The summed E-state index contributed by atoms with van der Waals surface area (Å²) in [5, 5.41) is 21.0. The number of halogens is 1. The van der Waals surface area contributed by atoms with Crippen molar-refractivity contribution in [1.29, 1.82) is 0 Å². The number of anilines is 1. The van der Waals surface area contributed by atoms with Crippen molar-refractivity contribution < 1.29 is 5.11 Å². The standard InChI is InChI=1S/C11H13BrN6O/c12-8-4-13-10(14-5-8)18-3-1-2-11(19,7-18)9-6-15-17-16-9/h4-6,19H,1-3,7H2,(H,15,16,17)/t11-/m1/s1. The highest BCUT2D eigenvalue weighted by Crippen LogP contribution is 2.31. The smallest absolute Gasteiger partial charge is 0.225 e. The molecule has 2 N–H and O–H groups in total. The van der Waals surface area contributed by atoms with Crippen LogP contribution in [0.1, 0.15) is 18.5 Å². The predicted octanol–water partition coefficient (Wildman–Crippen LogP) is 0.845. The van der Waals surface area contributed by atoms with Crippen LogP contribution in [0.4, 0.5) is 5.95 Å². The van der Waals surface area contributed by atoms with Crippen LogP contribution >= 0.6 is 15.9 Å². The number of hydrogen-bond donors (Lipinski definition) is 2. The molecule has 0 radical (unpaired) electrons. The molecule has 2 aromatic rings. The topological polar surface area (TPSA) is 90.8 Å². The van der Waals surface area contributed by atoms with Crippen LogP contribution in [-0.2, 0) is 5.60 Å². The molecule has 8 heteroatoms. The van der Waals surface area contributed by atoms with Crippen LogP contribution in [0.25, 0.3) is 0 Å². The van der Waals surface area contributed by atoms with Crippen molar-refractivity contribution in [1.82, 2.24) is 25.4 Å². The molecule has 1 saturated heterocycles. The SMILES string of the molecule is O[C@]1(c2cn[nH]n2)CCCN(c2ncc(Br)cn2)C1. The normalized spacial score (nSPS) is 23.6. The van der Waals surface area contributed by atoms with E-state index in [2.05, 4.69) is 41.3 Å². The van der Waals surface area contributed by atoms with E-state index in [9.17, 15) is 5.11 Å². The molecule has 3 heterocycles. The number of piperidine rings is 1. The van der Waals surface area contributed by atoms with Gasteiger partial charge < -0.3 is 10.0 Å². The fourth-order valence-corrected chi connectivity index (χ4v) is 2.52. The Morgan fingerprint density at radius 2 is 2.11 bits per heavy atom. The van der Waals surface area contributed by atoms with Crippen molar-refractivity contribution in [2.24, 2.45) is 0 Å². The number of nitrogens with zero attached hydrogens (tertiary/aromatic N) is 5. The minimum Gasteiger partial charge on any atom is -0.382 e. The van der Waals surface area contributed by atoms with E-state index < -0.39 is 5.60 Å². The molecule has 1 aliphatic rings. The van der Waals surface area contributed by atoms with E-state index in [0.717, 1.165) is 17.4 Å². The van der Waals surface area contributed by atoms with Gasteiger partial charge in [-0.1, -0.05) is 0 Å². The van der Waals surface area contributed by atoms with Gasteiger partial charge in [-0.15, -0.1) is 0 Å². The van der Waals surface area contributed by atoms with E-state index in [4.69, 9.17) is 0 Å². The van der Waals surface area contributed by atoms with E-state index in [0.29, 0.717) is 24.6 Å². The highest BCUT2D eigenvalue weighted by Gasteiger charge is 2.37. The highest BCUT2D eigenvalue weighted by molar-refractivity contribution is 9.10. The Bertz CT molecular complexity index is 545. The fraction of sp³-hybridized carbons (Fsp3) is 0.455. The van der Waals surface area contributed by atoms with E-state index in [-0.39, 0.29) is 0 Å². The molecule has 1 aliphatic heterocycles. The summed E-state index contributed by atoms with van der Waals surface area (Å²) in [7, 11) is 0. The maximum absolute atomic E-state index is 10.7. The van der Waals surface area contributed by atoms with Crippen LogP contribution < -0.4 is 4.90 Å². The lowest BCUT2D eigenvalue weighted by Gasteiger charge is -2.37. The molecular formula is C11H13BrN6O. The summed E-state index contributed by atoms with van der Waals surface area (Å²) in [5.41, 5.74) is -0.434. The molecule has 0 amide bonds. The van der Waals surface area contributed by atoms with Crippen molar-refractivity contribution in [2.45, 2.75) is 18.4 Å². The third-order valence-electron chi connectivity index (χ3n) is 3.25. The second-order valence-corrected chi connectivity index (χ2v) is 5.53.